The SMILES string of the molecule is CCOC(=O)c1c(NC(=O)C2CCCCC2C(=O)[O-])sc(C)c1-c1ccc(CC(C)C)cc1. The quantitative estimate of drug-likeness (QED) is 0.569. The summed E-state index contributed by atoms with van der Waals surface area (Å²) < 4.78 is 5.32. The van der Waals surface area contributed by atoms with E-state index in [4.69, 9.17) is 4.74 Å². The van der Waals surface area contributed by atoms with Gasteiger partial charge in [0, 0.05) is 28.2 Å². The number of rotatable bonds is 8. The van der Waals surface area contributed by atoms with E-state index in [1.165, 1.54) is 16.9 Å². The lowest BCUT2D eigenvalue weighted by Gasteiger charge is -2.31. The molecule has 33 heavy (non-hydrogen) atoms. The predicted molar refractivity (Wildman–Crippen MR) is 128 cm³/mol. The number of aliphatic carboxylic acids is 1. The molecule has 0 saturated heterocycles. The van der Waals surface area contributed by atoms with Crippen molar-refractivity contribution in [2.24, 2.45) is 17.8 Å². The van der Waals surface area contributed by atoms with Crippen LogP contribution in [0.4, 0.5) is 5.00 Å². The summed E-state index contributed by atoms with van der Waals surface area (Å²) in [6.07, 6.45) is 3.46. The van der Waals surface area contributed by atoms with Gasteiger partial charge in [0.25, 0.3) is 0 Å². The van der Waals surface area contributed by atoms with Crippen LogP contribution in [0, 0.1) is 24.7 Å². The summed E-state index contributed by atoms with van der Waals surface area (Å²) in [5.41, 5.74) is 3.17. The van der Waals surface area contributed by atoms with Crippen LogP contribution >= 0.6 is 11.3 Å². The summed E-state index contributed by atoms with van der Waals surface area (Å²) in [4.78, 5) is 38.5. The third kappa shape index (κ3) is 5.82. The Kier molecular flexibility index (Phi) is 8.30. The van der Waals surface area contributed by atoms with Crippen LogP contribution in [-0.4, -0.2) is 24.5 Å². The molecule has 1 fully saturated rings. The van der Waals surface area contributed by atoms with Gasteiger partial charge in [0.15, 0.2) is 0 Å². The molecule has 0 radical (unpaired) electrons. The van der Waals surface area contributed by atoms with Gasteiger partial charge in [-0.3, -0.25) is 4.79 Å². The lowest BCUT2D eigenvalue weighted by molar-refractivity contribution is -0.313. The van der Waals surface area contributed by atoms with Crippen molar-refractivity contribution in [3.63, 3.8) is 0 Å². The van der Waals surface area contributed by atoms with Crippen LogP contribution in [0.15, 0.2) is 24.3 Å². The molecule has 0 aliphatic heterocycles. The van der Waals surface area contributed by atoms with Gasteiger partial charge in [-0.25, -0.2) is 4.79 Å². The van der Waals surface area contributed by atoms with E-state index in [2.05, 4.69) is 31.3 Å². The van der Waals surface area contributed by atoms with Gasteiger partial charge >= 0.3 is 5.97 Å². The second-order valence-corrected chi connectivity index (χ2v) is 10.3. The summed E-state index contributed by atoms with van der Waals surface area (Å²) in [5.74, 6) is -3.00. The van der Waals surface area contributed by atoms with Gasteiger partial charge in [-0.2, -0.15) is 0 Å². The Morgan fingerprint density at radius 2 is 1.76 bits per heavy atom. The van der Waals surface area contributed by atoms with E-state index in [1.807, 2.05) is 19.1 Å². The van der Waals surface area contributed by atoms with Crippen LogP contribution in [0.5, 0.6) is 0 Å². The monoisotopic (exact) mass is 470 g/mol. The number of hydrogen-bond acceptors (Lipinski definition) is 6. The number of esters is 1. The minimum Gasteiger partial charge on any atom is -0.550 e. The zero-order valence-electron chi connectivity index (χ0n) is 19.7. The van der Waals surface area contributed by atoms with Gasteiger partial charge in [-0.1, -0.05) is 51.0 Å². The van der Waals surface area contributed by atoms with E-state index >= 15 is 0 Å². The summed E-state index contributed by atoms with van der Waals surface area (Å²) >= 11 is 1.31. The van der Waals surface area contributed by atoms with E-state index < -0.39 is 23.8 Å². The maximum atomic E-state index is 13.1. The predicted octanol–water partition coefficient (Wildman–Crippen LogP) is 4.59. The number of carbonyl (C=O) groups is 3. The Bertz CT molecular complexity index is 1010. The van der Waals surface area contributed by atoms with E-state index in [0.29, 0.717) is 29.3 Å². The summed E-state index contributed by atoms with van der Waals surface area (Å²) in [6.45, 7) is 8.20. The number of ether oxygens (including phenoxy) is 1. The van der Waals surface area contributed by atoms with Gasteiger partial charge < -0.3 is 20.0 Å². The van der Waals surface area contributed by atoms with Gasteiger partial charge in [0.2, 0.25) is 5.91 Å². The van der Waals surface area contributed by atoms with Crippen molar-refractivity contribution in [3.8, 4) is 11.1 Å². The smallest absolute Gasteiger partial charge is 0.341 e. The van der Waals surface area contributed by atoms with Crippen LogP contribution < -0.4 is 10.4 Å². The Hall–Kier alpha value is -2.67. The van der Waals surface area contributed by atoms with E-state index in [1.54, 1.807) is 6.92 Å². The number of hydrogen-bond donors (Lipinski definition) is 1. The normalized spacial score (nSPS) is 18.2. The largest absolute Gasteiger partial charge is 0.550 e. The molecule has 7 heteroatoms. The van der Waals surface area contributed by atoms with Crippen molar-refractivity contribution in [2.45, 2.75) is 59.8 Å². The summed E-state index contributed by atoms with van der Waals surface area (Å²) in [6, 6.07) is 8.11. The maximum absolute atomic E-state index is 13.1. The highest BCUT2D eigenvalue weighted by Gasteiger charge is 2.33. The third-order valence-electron chi connectivity index (χ3n) is 6.09. The summed E-state index contributed by atoms with van der Waals surface area (Å²) in [7, 11) is 0. The topological polar surface area (TPSA) is 95.5 Å². The van der Waals surface area contributed by atoms with Crippen molar-refractivity contribution in [1.29, 1.82) is 0 Å². The first-order chi connectivity index (χ1) is 15.7. The Labute approximate surface area is 199 Å². The van der Waals surface area contributed by atoms with Crippen molar-refractivity contribution in [1.82, 2.24) is 0 Å². The van der Waals surface area contributed by atoms with Gasteiger partial charge in [-0.05, 0) is 50.2 Å². The van der Waals surface area contributed by atoms with Crippen LogP contribution in [0.2, 0.25) is 0 Å². The number of benzene rings is 1. The Morgan fingerprint density at radius 3 is 2.33 bits per heavy atom. The zero-order chi connectivity index (χ0) is 24.1. The highest BCUT2D eigenvalue weighted by Crippen LogP contribution is 2.41. The minimum absolute atomic E-state index is 0.212. The fraction of sp³-hybridized carbons (Fsp3) is 0.500. The molecular weight excluding hydrogens is 438 g/mol. The molecule has 2 unspecified atom stereocenters. The van der Waals surface area contributed by atoms with Crippen molar-refractivity contribution in [2.75, 3.05) is 11.9 Å². The van der Waals surface area contributed by atoms with Crippen molar-refractivity contribution < 1.29 is 24.2 Å². The van der Waals surface area contributed by atoms with Crippen LogP contribution in [0.3, 0.4) is 0 Å². The molecule has 1 aliphatic rings. The first-order valence-electron chi connectivity index (χ1n) is 11.6. The van der Waals surface area contributed by atoms with Crippen molar-refractivity contribution >= 4 is 34.2 Å². The average Bonchev–Trinajstić information content (AvgIpc) is 3.09. The molecule has 1 aliphatic carbocycles. The lowest BCUT2D eigenvalue weighted by atomic mass is 9.78. The second-order valence-electron chi connectivity index (χ2n) is 9.06. The fourth-order valence-corrected chi connectivity index (χ4v) is 5.66. The Morgan fingerprint density at radius 1 is 1.12 bits per heavy atom. The van der Waals surface area contributed by atoms with Crippen molar-refractivity contribution in [3.05, 3.63) is 40.3 Å². The number of nitrogens with one attached hydrogen (secondary N) is 1. The average molecular weight is 471 g/mol. The molecule has 0 bridgehead atoms. The molecule has 1 N–H and O–H groups in total. The number of carbonyl (C=O) groups excluding carboxylic acids is 3. The molecule has 1 aromatic carbocycles. The second kappa shape index (κ2) is 11.0. The number of carboxylic acids is 1. The van der Waals surface area contributed by atoms with E-state index in [9.17, 15) is 19.5 Å². The van der Waals surface area contributed by atoms with E-state index in [-0.39, 0.29) is 12.5 Å². The Balaban J connectivity index is 1.96. The number of anilines is 1. The maximum Gasteiger partial charge on any atom is 0.341 e. The van der Waals surface area contributed by atoms with Gasteiger partial charge in [0.1, 0.15) is 10.6 Å². The van der Waals surface area contributed by atoms with Gasteiger partial charge in [-0.15, -0.1) is 11.3 Å². The van der Waals surface area contributed by atoms with Crippen LogP contribution in [0.25, 0.3) is 11.1 Å². The molecule has 3 rings (SSSR count). The van der Waals surface area contributed by atoms with Crippen LogP contribution in [0.1, 0.15) is 67.3 Å². The molecule has 1 aromatic heterocycles. The van der Waals surface area contributed by atoms with Gasteiger partial charge in [0.05, 0.1) is 6.61 Å². The molecule has 2 aromatic rings. The molecule has 1 amide bonds. The third-order valence-corrected chi connectivity index (χ3v) is 7.11. The molecular formula is C26H32NO5S-. The molecule has 0 spiro atoms. The van der Waals surface area contributed by atoms with Crippen LogP contribution in [-0.2, 0) is 20.7 Å². The molecule has 178 valence electrons. The number of carboxylic acid groups (broad SMARTS) is 1. The molecule has 2 atom stereocenters. The number of aryl methyl sites for hydroxylation is 1. The highest BCUT2D eigenvalue weighted by molar-refractivity contribution is 7.17. The zero-order valence-corrected chi connectivity index (χ0v) is 20.6. The van der Waals surface area contributed by atoms with E-state index in [0.717, 1.165) is 35.3 Å². The first kappa shape index (κ1) is 25.0. The number of amides is 1. The molecule has 1 heterocycles. The highest BCUT2D eigenvalue weighted by atomic mass is 32.1. The summed E-state index contributed by atoms with van der Waals surface area (Å²) in [5, 5.41) is 14.8. The lowest BCUT2D eigenvalue weighted by Crippen LogP contribution is -2.42. The first-order valence-corrected chi connectivity index (χ1v) is 12.5. The molecule has 6 nitrogen and oxygen atoms in total. The molecule has 1 saturated carbocycles. The standard InChI is InChI=1S/C26H33NO5S/c1-5-32-26(31)22-21(18-12-10-17(11-13-18)14-15(2)3)16(4)33-24(22)27-23(28)19-8-6-7-9-20(19)25(29)30/h10-13,15,19-20H,5-9,14H2,1-4H3,(H,27,28)(H,29,30)/p-1. The minimum atomic E-state index is -1.19. The fourth-order valence-electron chi connectivity index (χ4n) is 4.59. The number of thiophene rings is 1.